The number of furan rings is 1. The molecule has 0 saturated carbocycles. The SMILES string of the molecule is CCCNC(=O)[C@@H](C)NC(=O)CSc1nnc(-c2ccco2)o1. The van der Waals surface area contributed by atoms with Crippen molar-refractivity contribution in [2.24, 2.45) is 0 Å². The lowest BCUT2D eigenvalue weighted by Crippen LogP contribution is -2.45. The standard InChI is InChI=1S/C14H18N4O4S/c1-3-6-15-12(20)9(2)16-11(19)8-23-14-18-17-13(22-14)10-5-4-7-21-10/h4-5,7,9H,3,6,8H2,1-2H3,(H,15,20)(H,16,19)/t9-/m1/s1. The number of carbonyl (C=O) groups excluding carboxylic acids is 2. The average molecular weight is 338 g/mol. The zero-order valence-electron chi connectivity index (χ0n) is 12.9. The third-order valence-electron chi connectivity index (χ3n) is 2.79. The number of nitrogens with zero attached hydrogens (tertiary/aromatic N) is 2. The van der Waals surface area contributed by atoms with Crippen LogP contribution >= 0.6 is 11.8 Å². The Morgan fingerprint density at radius 3 is 2.91 bits per heavy atom. The molecule has 0 spiro atoms. The largest absolute Gasteiger partial charge is 0.459 e. The quantitative estimate of drug-likeness (QED) is 0.701. The molecule has 1 atom stereocenters. The van der Waals surface area contributed by atoms with Crippen LogP contribution in [0.25, 0.3) is 11.7 Å². The molecule has 2 aromatic heterocycles. The third-order valence-corrected chi connectivity index (χ3v) is 3.60. The second kappa shape index (κ2) is 8.37. The van der Waals surface area contributed by atoms with Crippen LogP contribution in [0.5, 0.6) is 0 Å². The lowest BCUT2D eigenvalue weighted by atomic mass is 10.3. The molecule has 0 radical (unpaired) electrons. The fourth-order valence-electron chi connectivity index (χ4n) is 1.65. The molecule has 124 valence electrons. The Kier molecular flexibility index (Phi) is 6.21. The van der Waals surface area contributed by atoms with E-state index in [2.05, 4.69) is 20.8 Å². The molecule has 0 aromatic carbocycles. The topological polar surface area (TPSA) is 110 Å². The van der Waals surface area contributed by atoms with Crippen LogP contribution in [0.15, 0.2) is 32.5 Å². The Bertz CT molecular complexity index is 641. The number of aromatic nitrogens is 2. The maximum Gasteiger partial charge on any atom is 0.284 e. The predicted molar refractivity (Wildman–Crippen MR) is 83.6 cm³/mol. The van der Waals surface area contributed by atoms with Crippen LogP contribution in [0.1, 0.15) is 20.3 Å². The summed E-state index contributed by atoms with van der Waals surface area (Å²) in [6, 6.07) is 2.83. The molecule has 0 aliphatic carbocycles. The summed E-state index contributed by atoms with van der Waals surface area (Å²) >= 11 is 1.09. The van der Waals surface area contributed by atoms with E-state index < -0.39 is 6.04 Å². The minimum atomic E-state index is -0.587. The molecule has 0 aliphatic heterocycles. The van der Waals surface area contributed by atoms with Gasteiger partial charge in [-0.1, -0.05) is 18.7 Å². The summed E-state index contributed by atoms with van der Waals surface area (Å²) in [5.41, 5.74) is 0. The van der Waals surface area contributed by atoms with Crippen molar-refractivity contribution in [2.45, 2.75) is 31.5 Å². The van der Waals surface area contributed by atoms with Crippen molar-refractivity contribution in [1.29, 1.82) is 0 Å². The van der Waals surface area contributed by atoms with Gasteiger partial charge in [-0.05, 0) is 25.5 Å². The zero-order chi connectivity index (χ0) is 16.7. The molecule has 8 nitrogen and oxygen atoms in total. The van der Waals surface area contributed by atoms with E-state index in [4.69, 9.17) is 8.83 Å². The summed E-state index contributed by atoms with van der Waals surface area (Å²) in [5, 5.41) is 13.2. The maximum absolute atomic E-state index is 11.8. The van der Waals surface area contributed by atoms with Gasteiger partial charge in [0, 0.05) is 6.54 Å². The van der Waals surface area contributed by atoms with Gasteiger partial charge in [0.25, 0.3) is 11.1 Å². The zero-order valence-corrected chi connectivity index (χ0v) is 13.7. The van der Waals surface area contributed by atoms with Crippen molar-refractivity contribution in [1.82, 2.24) is 20.8 Å². The van der Waals surface area contributed by atoms with Gasteiger partial charge in [0.2, 0.25) is 11.8 Å². The lowest BCUT2D eigenvalue weighted by Gasteiger charge is -2.13. The maximum atomic E-state index is 11.8. The van der Waals surface area contributed by atoms with Crippen LogP contribution in [0.2, 0.25) is 0 Å². The highest BCUT2D eigenvalue weighted by Crippen LogP contribution is 2.23. The summed E-state index contributed by atoms with van der Waals surface area (Å²) in [6.07, 6.45) is 2.35. The molecule has 2 N–H and O–H groups in total. The molecule has 0 unspecified atom stereocenters. The Morgan fingerprint density at radius 1 is 1.39 bits per heavy atom. The normalized spacial score (nSPS) is 11.9. The van der Waals surface area contributed by atoms with Gasteiger partial charge in [0.05, 0.1) is 12.0 Å². The van der Waals surface area contributed by atoms with Gasteiger partial charge in [0.1, 0.15) is 6.04 Å². The van der Waals surface area contributed by atoms with Crippen LogP contribution in [0.4, 0.5) is 0 Å². The van der Waals surface area contributed by atoms with Crippen LogP contribution in [-0.4, -0.2) is 40.4 Å². The molecule has 0 aliphatic rings. The molecule has 0 fully saturated rings. The molecule has 9 heteroatoms. The van der Waals surface area contributed by atoms with Gasteiger partial charge in [-0.15, -0.1) is 10.2 Å². The molecule has 2 aromatic rings. The molecule has 0 bridgehead atoms. The molecule has 2 amide bonds. The summed E-state index contributed by atoms with van der Waals surface area (Å²) in [5.74, 6) is 0.306. The number of thioether (sulfide) groups is 1. The monoisotopic (exact) mass is 338 g/mol. The number of hydrogen-bond acceptors (Lipinski definition) is 7. The van der Waals surface area contributed by atoms with Crippen molar-refractivity contribution in [3.05, 3.63) is 18.4 Å². The predicted octanol–water partition coefficient (Wildman–Crippen LogP) is 1.45. The number of carbonyl (C=O) groups is 2. The summed E-state index contributed by atoms with van der Waals surface area (Å²) in [4.78, 5) is 23.5. The first-order valence-electron chi connectivity index (χ1n) is 7.17. The minimum absolute atomic E-state index is 0.0746. The van der Waals surface area contributed by atoms with E-state index in [1.807, 2.05) is 6.92 Å². The molecule has 2 heterocycles. The van der Waals surface area contributed by atoms with Gasteiger partial charge in [-0.2, -0.15) is 0 Å². The first-order valence-corrected chi connectivity index (χ1v) is 8.16. The van der Waals surface area contributed by atoms with Gasteiger partial charge in [-0.3, -0.25) is 9.59 Å². The van der Waals surface area contributed by atoms with E-state index in [1.54, 1.807) is 19.1 Å². The van der Waals surface area contributed by atoms with Gasteiger partial charge in [-0.25, -0.2) is 0 Å². The molecule has 2 rings (SSSR count). The van der Waals surface area contributed by atoms with Gasteiger partial charge in [0.15, 0.2) is 5.76 Å². The molecule has 0 saturated heterocycles. The van der Waals surface area contributed by atoms with Crippen LogP contribution < -0.4 is 10.6 Å². The number of hydrogen-bond donors (Lipinski definition) is 2. The smallest absolute Gasteiger partial charge is 0.284 e. The summed E-state index contributed by atoms with van der Waals surface area (Å²) in [6.45, 7) is 4.18. The first kappa shape index (κ1) is 17.1. The van der Waals surface area contributed by atoms with Crippen LogP contribution in [0, 0.1) is 0 Å². The fourth-order valence-corrected chi connectivity index (χ4v) is 2.22. The van der Waals surface area contributed by atoms with E-state index in [0.717, 1.165) is 18.2 Å². The Morgan fingerprint density at radius 2 is 2.22 bits per heavy atom. The highest BCUT2D eigenvalue weighted by molar-refractivity contribution is 7.99. The van der Waals surface area contributed by atoms with E-state index in [1.165, 1.54) is 6.26 Å². The minimum Gasteiger partial charge on any atom is -0.459 e. The Balaban J connectivity index is 1.77. The van der Waals surface area contributed by atoms with Crippen molar-refractivity contribution in [3.63, 3.8) is 0 Å². The van der Waals surface area contributed by atoms with Crippen molar-refractivity contribution in [3.8, 4) is 11.7 Å². The van der Waals surface area contributed by atoms with Crippen LogP contribution in [0.3, 0.4) is 0 Å². The van der Waals surface area contributed by atoms with E-state index >= 15 is 0 Å². The summed E-state index contributed by atoms with van der Waals surface area (Å²) < 4.78 is 10.5. The molecule has 23 heavy (non-hydrogen) atoms. The fraction of sp³-hybridized carbons (Fsp3) is 0.429. The van der Waals surface area contributed by atoms with Crippen molar-refractivity contribution < 1.29 is 18.4 Å². The Hall–Kier alpha value is -2.29. The van der Waals surface area contributed by atoms with E-state index in [9.17, 15) is 9.59 Å². The number of amides is 2. The number of nitrogens with one attached hydrogen (secondary N) is 2. The van der Waals surface area contributed by atoms with Gasteiger partial charge >= 0.3 is 0 Å². The second-order valence-electron chi connectivity index (χ2n) is 4.72. The van der Waals surface area contributed by atoms with E-state index in [-0.39, 0.29) is 28.7 Å². The van der Waals surface area contributed by atoms with Crippen molar-refractivity contribution in [2.75, 3.05) is 12.3 Å². The second-order valence-corrected chi connectivity index (χ2v) is 5.65. The number of rotatable bonds is 8. The summed E-state index contributed by atoms with van der Waals surface area (Å²) in [7, 11) is 0. The van der Waals surface area contributed by atoms with Crippen LogP contribution in [-0.2, 0) is 9.59 Å². The first-order chi connectivity index (χ1) is 11.1. The van der Waals surface area contributed by atoms with Gasteiger partial charge < -0.3 is 19.5 Å². The average Bonchev–Trinajstić information content (AvgIpc) is 3.21. The highest BCUT2D eigenvalue weighted by Gasteiger charge is 2.17. The van der Waals surface area contributed by atoms with E-state index in [0.29, 0.717) is 12.3 Å². The lowest BCUT2D eigenvalue weighted by molar-refractivity contribution is -0.127. The molecular formula is C14H18N4O4S. The molecular weight excluding hydrogens is 320 g/mol. The third kappa shape index (κ3) is 5.13. The Labute approximate surface area is 137 Å². The highest BCUT2D eigenvalue weighted by atomic mass is 32.2. The van der Waals surface area contributed by atoms with Crippen molar-refractivity contribution >= 4 is 23.6 Å².